The molecule has 0 radical (unpaired) electrons. The van der Waals surface area contributed by atoms with Crippen molar-refractivity contribution in [2.24, 2.45) is 0 Å². The zero-order valence-electron chi connectivity index (χ0n) is 21.4. The third-order valence-electron chi connectivity index (χ3n) is 6.36. The lowest BCUT2D eigenvalue weighted by Gasteiger charge is -2.24. The molecule has 1 amide bonds. The number of carbonyl (C=O) groups excluding carboxylic acids is 1. The summed E-state index contributed by atoms with van der Waals surface area (Å²) in [5, 5.41) is 15.9. The maximum absolute atomic E-state index is 12.2. The second-order valence-corrected chi connectivity index (χ2v) is 9.53. The van der Waals surface area contributed by atoms with Crippen molar-refractivity contribution in [1.82, 2.24) is 15.2 Å². The fourth-order valence-electron chi connectivity index (χ4n) is 4.22. The molecule has 1 aliphatic rings. The molecule has 1 aromatic heterocycles. The van der Waals surface area contributed by atoms with Crippen LogP contribution >= 0.6 is 11.6 Å². The van der Waals surface area contributed by atoms with E-state index in [0.29, 0.717) is 30.3 Å². The number of carboxylic acids is 1. The molecule has 0 fully saturated rings. The highest BCUT2D eigenvalue weighted by Gasteiger charge is 2.22. The molecule has 1 aliphatic heterocycles. The molecule has 0 spiro atoms. The maximum atomic E-state index is 12.2. The number of methoxy groups -OCH3 is 1. The number of fused-ring (bicyclic) bond motifs is 1. The van der Waals surface area contributed by atoms with Gasteiger partial charge in [-0.25, -0.2) is 14.6 Å². The quantitative estimate of drug-likeness (QED) is 0.293. The minimum absolute atomic E-state index is 0.0348. The number of carbonyl (C=O) groups is 2. The second-order valence-electron chi connectivity index (χ2n) is 9.12. The number of hydrogen-bond donors (Lipinski definition) is 3. The summed E-state index contributed by atoms with van der Waals surface area (Å²) in [4.78, 5) is 30.9. The molecule has 1 aromatic carbocycles. The van der Waals surface area contributed by atoms with Crippen molar-refractivity contribution in [3.63, 3.8) is 0 Å². The topological polar surface area (TPSA) is 113 Å². The number of aromatic nitrogens is 1. The average molecular weight is 533 g/mol. The Balaban J connectivity index is 1.43. The fraction of sp³-hybridized carbons (Fsp3) is 0.519. The smallest absolute Gasteiger partial charge is 0.408 e. The number of amides is 1. The van der Waals surface area contributed by atoms with E-state index in [4.69, 9.17) is 26.1 Å². The highest BCUT2D eigenvalue weighted by molar-refractivity contribution is 6.31. The van der Waals surface area contributed by atoms with Gasteiger partial charge in [0.2, 0.25) is 0 Å². The predicted molar refractivity (Wildman–Crippen MR) is 143 cm³/mol. The summed E-state index contributed by atoms with van der Waals surface area (Å²) >= 11 is 6.08. The van der Waals surface area contributed by atoms with Crippen molar-refractivity contribution in [1.29, 1.82) is 0 Å². The van der Waals surface area contributed by atoms with Crippen LogP contribution in [0.5, 0.6) is 0 Å². The van der Waals surface area contributed by atoms with Crippen molar-refractivity contribution >= 4 is 29.5 Å². The van der Waals surface area contributed by atoms with Gasteiger partial charge in [0.05, 0.1) is 6.61 Å². The number of pyridine rings is 1. The molecule has 0 saturated carbocycles. The van der Waals surface area contributed by atoms with Gasteiger partial charge in [-0.15, -0.1) is 0 Å². The second kappa shape index (κ2) is 15.4. The molecule has 0 aliphatic carbocycles. The number of aliphatic carboxylic acids is 1. The van der Waals surface area contributed by atoms with Gasteiger partial charge in [-0.1, -0.05) is 35.9 Å². The van der Waals surface area contributed by atoms with Gasteiger partial charge < -0.3 is 30.1 Å². The van der Waals surface area contributed by atoms with Crippen LogP contribution in [0, 0.1) is 0 Å². The number of alkyl carbamates (subject to hydrolysis) is 1. The van der Waals surface area contributed by atoms with Crippen molar-refractivity contribution in [2.75, 3.05) is 45.2 Å². The molecule has 37 heavy (non-hydrogen) atoms. The Morgan fingerprint density at radius 3 is 2.81 bits per heavy atom. The highest BCUT2D eigenvalue weighted by atomic mass is 35.5. The van der Waals surface area contributed by atoms with Crippen LogP contribution in [0.2, 0.25) is 5.02 Å². The lowest BCUT2D eigenvalue weighted by Crippen LogP contribution is -2.43. The van der Waals surface area contributed by atoms with Crippen LogP contribution in [-0.2, 0) is 33.7 Å². The fourth-order valence-corrected chi connectivity index (χ4v) is 4.41. The molecule has 202 valence electrons. The molecule has 0 unspecified atom stereocenters. The number of ether oxygens (including phenoxy) is 2. The number of aryl methyl sites for hydroxylation is 2. The first kappa shape index (κ1) is 28.7. The number of carboxylic acid groups (broad SMARTS) is 1. The first-order valence-corrected chi connectivity index (χ1v) is 13.2. The number of unbranched alkanes of at least 4 members (excludes halogenated alkanes) is 1. The Labute approximate surface area is 223 Å². The first-order chi connectivity index (χ1) is 18.0. The molecule has 9 nitrogen and oxygen atoms in total. The molecule has 0 bridgehead atoms. The van der Waals surface area contributed by atoms with Crippen LogP contribution in [0.15, 0.2) is 36.4 Å². The van der Waals surface area contributed by atoms with Gasteiger partial charge in [0, 0.05) is 43.0 Å². The minimum Gasteiger partial charge on any atom is -0.480 e. The van der Waals surface area contributed by atoms with Gasteiger partial charge in [0.1, 0.15) is 18.5 Å². The summed E-state index contributed by atoms with van der Waals surface area (Å²) in [7, 11) is 1.64. The minimum atomic E-state index is -1.10. The summed E-state index contributed by atoms with van der Waals surface area (Å²) in [5.41, 5.74) is 3.02. The van der Waals surface area contributed by atoms with Crippen LogP contribution < -0.4 is 10.6 Å². The summed E-state index contributed by atoms with van der Waals surface area (Å²) < 4.78 is 10.4. The SMILES string of the molecule is COCCN(CCCCc1ccc2c(n1)NCCC2)CC[C@H](NC(=O)OCc1ccccc1Cl)C(=O)O. The lowest BCUT2D eigenvalue weighted by atomic mass is 10.1. The molecule has 10 heteroatoms. The van der Waals surface area contributed by atoms with Gasteiger partial charge in [-0.2, -0.15) is 0 Å². The zero-order valence-corrected chi connectivity index (χ0v) is 22.1. The first-order valence-electron chi connectivity index (χ1n) is 12.8. The molecule has 1 atom stereocenters. The van der Waals surface area contributed by atoms with Crippen molar-refractivity contribution in [3.8, 4) is 0 Å². The van der Waals surface area contributed by atoms with E-state index in [1.807, 2.05) is 0 Å². The van der Waals surface area contributed by atoms with E-state index in [1.165, 1.54) is 5.56 Å². The Bertz CT molecular complexity index is 1020. The highest BCUT2D eigenvalue weighted by Crippen LogP contribution is 2.20. The van der Waals surface area contributed by atoms with Crippen LogP contribution in [0.25, 0.3) is 0 Å². The number of halogens is 1. The van der Waals surface area contributed by atoms with Gasteiger partial charge in [-0.3, -0.25) is 0 Å². The average Bonchev–Trinajstić information content (AvgIpc) is 2.90. The van der Waals surface area contributed by atoms with E-state index in [-0.39, 0.29) is 13.0 Å². The molecule has 0 saturated heterocycles. The number of rotatable bonds is 15. The Hall–Kier alpha value is -2.88. The largest absolute Gasteiger partial charge is 0.480 e. The van der Waals surface area contributed by atoms with Gasteiger partial charge in [0.15, 0.2) is 0 Å². The molecular weight excluding hydrogens is 496 g/mol. The van der Waals surface area contributed by atoms with Crippen LogP contribution in [0.1, 0.15) is 42.5 Å². The summed E-state index contributed by atoms with van der Waals surface area (Å²) in [6.45, 7) is 3.47. The van der Waals surface area contributed by atoms with E-state index in [9.17, 15) is 14.7 Å². The van der Waals surface area contributed by atoms with Crippen LogP contribution in [0.4, 0.5) is 10.6 Å². The van der Waals surface area contributed by atoms with Gasteiger partial charge >= 0.3 is 12.1 Å². The van der Waals surface area contributed by atoms with E-state index < -0.39 is 18.1 Å². The van der Waals surface area contributed by atoms with Crippen LogP contribution in [-0.4, -0.2) is 73.0 Å². The van der Waals surface area contributed by atoms with Gasteiger partial charge in [0.25, 0.3) is 0 Å². The Morgan fingerprint density at radius 1 is 1.19 bits per heavy atom. The predicted octanol–water partition coefficient (Wildman–Crippen LogP) is 4.13. The van der Waals surface area contributed by atoms with Crippen molar-refractivity contribution < 1.29 is 24.2 Å². The third kappa shape index (κ3) is 9.83. The summed E-state index contributed by atoms with van der Waals surface area (Å²) in [6.07, 6.45) is 4.50. The third-order valence-corrected chi connectivity index (χ3v) is 6.73. The van der Waals surface area contributed by atoms with Crippen LogP contribution in [0.3, 0.4) is 0 Å². The Morgan fingerprint density at radius 2 is 2.03 bits per heavy atom. The van der Waals surface area contributed by atoms with Crippen molar-refractivity contribution in [2.45, 2.75) is 51.2 Å². The molecular formula is C27H37ClN4O5. The van der Waals surface area contributed by atoms with E-state index in [1.54, 1.807) is 31.4 Å². The molecule has 3 N–H and O–H groups in total. The number of hydrogen-bond acceptors (Lipinski definition) is 7. The lowest BCUT2D eigenvalue weighted by molar-refractivity contribution is -0.139. The monoisotopic (exact) mass is 532 g/mol. The zero-order chi connectivity index (χ0) is 26.5. The molecule has 2 aromatic rings. The normalized spacial score (nSPS) is 13.5. The van der Waals surface area contributed by atoms with E-state index >= 15 is 0 Å². The standard InChI is InChI=1S/C27H37ClN4O5/c1-36-18-17-32(15-5-4-9-22-12-11-20-8-6-14-29-25(20)30-22)16-13-24(26(33)34)31-27(35)37-19-21-7-2-3-10-23(21)28/h2-3,7,10-12,24H,4-6,8-9,13-19H2,1H3,(H,29,30)(H,31,35)(H,33,34)/t24-/m0/s1. The molecule has 3 rings (SSSR count). The molecule has 2 heterocycles. The van der Waals surface area contributed by atoms with Gasteiger partial charge in [-0.05, 0) is 62.8 Å². The number of benzene rings is 1. The van der Waals surface area contributed by atoms with Crippen molar-refractivity contribution in [3.05, 3.63) is 58.2 Å². The number of nitrogens with one attached hydrogen (secondary N) is 2. The van der Waals surface area contributed by atoms with E-state index in [2.05, 4.69) is 27.7 Å². The Kier molecular flexibility index (Phi) is 11.9. The summed E-state index contributed by atoms with van der Waals surface area (Å²) in [6, 6.07) is 10.2. The number of nitrogens with zero attached hydrogens (tertiary/aromatic N) is 2. The maximum Gasteiger partial charge on any atom is 0.408 e. The van der Waals surface area contributed by atoms with E-state index in [0.717, 1.165) is 56.7 Å². The summed E-state index contributed by atoms with van der Waals surface area (Å²) in [5.74, 6) is -0.0865. The number of anilines is 1.